The van der Waals surface area contributed by atoms with Crippen molar-refractivity contribution in [3.63, 3.8) is 0 Å². The molecule has 14 heteroatoms. The Morgan fingerprint density at radius 1 is 1.05 bits per heavy atom. The molecule has 4 aromatic rings. The van der Waals surface area contributed by atoms with Gasteiger partial charge in [-0.25, -0.2) is 13.4 Å². The number of nitrogens with one attached hydrogen (secondary N) is 2. The number of hydrogen-bond donors (Lipinski definition) is 2. The van der Waals surface area contributed by atoms with Gasteiger partial charge in [0.1, 0.15) is 5.69 Å². The average Bonchev–Trinajstić information content (AvgIpc) is 3.39. The number of rotatable bonds is 9. The molecule has 3 aromatic carbocycles. The first-order valence-electron chi connectivity index (χ1n) is 12.8. The van der Waals surface area contributed by atoms with E-state index in [1.54, 1.807) is 25.3 Å². The quantitative estimate of drug-likeness (QED) is 0.125. The molecular weight excluding hydrogens is 644 g/mol. The number of ether oxygens (including phenoxy) is 1. The lowest BCUT2D eigenvalue weighted by atomic mass is 10.1. The normalized spacial score (nSPS) is 13.5. The van der Waals surface area contributed by atoms with Gasteiger partial charge in [0, 0.05) is 24.7 Å². The monoisotopic (exact) mass is 672 g/mol. The van der Waals surface area contributed by atoms with Crippen molar-refractivity contribution in [2.24, 2.45) is 5.10 Å². The van der Waals surface area contributed by atoms with E-state index in [9.17, 15) is 18.5 Å². The van der Waals surface area contributed by atoms with Crippen LogP contribution in [-0.4, -0.2) is 50.8 Å². The van der Waals surface area contributed by atoms with Crippen molar-refractivity contribution in [1.82, 2.24) is 4.98 Å². The number of aromatic nitrogens is 1. The number of aryl methyl sites for hydroxylation is 2. The Labute approximate surface area is 258 Å². The first-order valence-corrected chi connectivity index (χ1v) is 15.1. The van der Waals surface area contributed by atoms with Gasteiger partial charge < -0.3 is 9.64 Å². The molecule has 0 bridgehead atoms. The third-order valence-electron chi connectivity index (χ3n) is 6.44. The molecule has 1 fully saturated rings. The summed E-state index contributed by atoms with van der Waals surface area (Å²) in [5.74, 6) is 0. The van der Waals surface area contributed by atoms with Gasteiger partial charge in [-0.15, -0.1) is 17.0 Å². The topological polar surface area (TPSA) is 139 Å². The van der Waals surface area contributed by atoms with Gasteiger partial charge in [-0.3, -0.25) is 20.3 Å². The maximum atomic E-state index is 13.0. The lowest BCUT2D eigenvalue weighted by molar-refractivity contribution is -0.384. The van der Waals surface area contributed by atoms with Crippen molar-refractivity contribution in [2.45, 2.75) is 18.7 Å². The van der Waals surface area contributed by atoms with Crippen LogP contribution in [0.3, 0.4) is 0 Å². The van der Waals surface area contributed by atoms with Crippen molar-refractivity contribution in [1.29, 1.82) is 0 Å². The summed E-state index contributed by atoms with van der Waals surface area (Å²) in [7, 11) is -4.07. The Hall–Kier alpha value is -3.85. The van der Waals surface area contributed by atoms with Crippen LogP contribution in [0.15, 0.2) is 76.7 Å². The van der Waals surface area contributed by atoms with Gasteiger partial charge in [-0.1, -0.05) is 59.4 Å². The fraction of sp³-hybridized carbons (Fsp3) is 0.214. The standard InChI is InChI=1S/C28H28N6O5S2.BrH/c1-19-8-10-23(20(2)16-19)32-41(37,38)22-9-11-24(25(17-22)34(35)36)31-29-18-26-27(21-6-4-3-5-7-21)30-28(40-26)33-12-14-39-15-13-33;/h3-11,16-18,31-32H,12-15H2,1-2H3;1H. The Kier molecular flexibility index (Phi) is 9.93. The molecule has 0 atom stereocenters. The predicted octanol–water partition coefficient (Wildman–Crippen LogP) is 6.00. The minimum atomic E-state index is -4.07. The van der Waals surface area contributed by atoms with Crippen LogP contribution >= 0.6 is 28.3 Å². The average molecular weight is 674 g/mol. The van der Waals surface area contributed by atoms with E-state index in [4.69, 9.17) is 9.72 Å². The molecule has 0 spiro atoms. The SMILES string of the molecule is Br.Cc1ccc(NS(=O)(=O)c2ccc(NN=Cc3sc(N4CCOCC4)nc3-c3ccccc3)c([N+](=O)[O-])c2)c(C)c1. The van der Waals surface area contributed by atoms with E-state index in [2.05, 4.69) is 20.1 Å². The first-order chi connectivity index (χ1) is 19.7. The highest BCUT2D eigenvalue weighted by atomic mass is 79.9. The molecule has 11 nitrogen and oxygen atoms in total. The molecule has 1 saturated heterocycles. The van der Waals surface area contributed by atoms with E-state index in [-0.39, 0.29) is 27.6 Å². The molecule has 1 aliphatic rings. The van der Waals surface area contributed by atoms with Crippen molar-refractivity contribution in [2.75, 3.05) is 41.4 Å². The molecule has 2 heterocycles. The number of nitro groups is 1. The summed E-state index contributed by atoms with van der Waals surface area (Å²) in [4.78, 5) is 18.8. The Morgan fingerprint density at radius 2 is 1.76 bits per heavy atom. The van der Waals surface area contributed by atoms with E-state index in [0.717, 1.165) is 51.5 Å². The zero-order chi connectivity index (χ0) is 29.0. The zero-order valence-electron chi connectivity index (χ0n) is 22.8. The molecule has 1 aromatic heterocycles. The number of nitrogens with zero attached hydrogens (tertiary/aromatic N) is 4. The van der Waals surface area contributed by atoms with Gasteiger partial charge in [0.05, 0.1) is 45.5 Å². The number of morpholine rings is 1. The molecule has 0 radical (unpaired) electrons. The second-order valence-electron chi connectivity index (χ2n) is 9.40. The number of anilines is 3. The molecule has 0 aliphatic carbocycles. The minimum absolute atomic E-state index is 0. The number of halogens is 1. The highest BCUT2D eigenvalue weighted by Gasteiger charge is 2.23. The molecule has 220 valence electrons. The summed E-state index contributed by atoms with van der Waals surface area (Å²) < 4.78 is 34.0. The summed E-state index contributed by atoms with van der Waals surface area (Å²) in [5.41, 5.74) is 6.14. The summed E-state index contributed by atoms with van der Waals surface area (Å²) in [6.45, 7) is 6.41. The molecule has 1 aliphatic heterocycles. The number of nitro benzene ring substituents is 1. The Morgan fingerprint density at radius 3 is 2.45 bits per heavy atom. The van der Waals surface area contributed by atoms with Crippen molar-refractivity contribution < 1.29 is 18.1 Å². The third kappa shape index (κ3) is 7.13. The lowest BCUT2D eigenvalue weighted by Gasteiger charge is -2.26. The van der Waals surface area contributed by atoms with Gasteiger partial charge in [-0.05, 0) is 37.6 Å². The van der Waals surface area contributed by atoms with Gasteiger partial charge in [0.2, 0.25) is 0 Å². The lowest BCUT2D eigenvalue weighted by Crippen LogP contribution is -2.36. The van der Waals surface area contributed by atoms with Gasteiger partial charge in [-0.2, -0.15) is 5.10 Å². The van der Waals surface area contributed by atoms with Crippen LogP contribution in [0.2, 0.25) is 0 Å². The number of benzene rings is 3. The molecular formula is C28H29BrN6O5S2. The zero-order valence-corrected chi connectivity index (χ0v) is 26.2. The highest BCUT2D eigenvalue weighted by Crippen LogP contribution is 2.33. The van der Waals surface area contributed by atoms with Gasteiger partial charge >= 0.3 is 0 Å². The van der Waals surface area contributed by atoms with E-state index < -0.39 is 20.6 Å². The smallest absolute Gasteiger partial charge is 0.295 e. The van der Waals surface area contributed by atoms with Crippen LogP contribution in [0, 0.1) is 24.0 Å². The minimum Gasteiger partial charge on any atom is -0.378 e. The Bertz CT molecular complexity index is 1710. The number of thiazole rings is 1. The first kappa shape index (κ1) is 31.1. The van der Waals surface area contributed by atoms with E-state index in [1.165, 1.54) is 23.5 Å². The van der Waals surface area contributed by atoms with Gasteiger partial charge in [0.15, 0.2) is 5.13 Å². The van der Waals surface area contributed by atoms with E-state index in [0.29, 0.717) is 18.9 Å². The fourth-order valence-corrected chi connectivity index (χ4v) is 6.48. The second-order valence-corrected chi connectivity index (χ2v) is 12.1. The molecule has 42 heavy (non-hydrogen) atoms. The largest absolute Gasteiger partial charge is 0.378 e. The number of sulfonamides is 1. The summed E-state index contributed by atoms with van der Waals surface area (Å²) in [6, 6.07) is 18.6. The molecule has 0 saturated carbocycles. The van der Waals surface area contributed by atoms with Crippen LogP contribution in [0.4, 0.5) is 22.2 Å². The summed E-state index contributed by atoms with van der Waals surface area (Å²) in [6.07, 6.45) is 1.57. The predicted molar refractivity (Wildman–Crippen MR) is 172 cm³/mol. The van der Waals surface area contributed by atoms with Crippen LogP contribution in [0.1, 0.15) is 16.0 Å². The van der Waals surface area contributed by atoms with Crippen molar-refractivity contribution >= 4 is 66.7 Å². The van der Waals surface area contributed by atoms with Crippen molar-refractivity contribution in [3.05, 3.63) is 92.8 Å². The summed E-state index contributed by atoms with van der Waals surface area (Å²) in [5, 5.41) is 17.0. The third-order valence-corrected chi connectivity index (χ3v) is 8.85. The maximum absolute atomic E-state index is 13.0. The fourth-order valence-electron chi connectivity index (χ4n) is 4.32. The number of hydrogen-bond acceptors (Lipinski definition) is 10. The molecule has 0 amide bonds. The molecule has 2 N–H and O–H groups in total. The van der Waals surface area contributed by atoms with Crippen molar-refractivity contribution in [3.8, 4) is 11.3 Å². The molecule has 0 unspecified atom stereocenters. The highest BCUT2D eigenvalue weighted by molar-refractivity contribution is 8.93. The van der Waals surface area contributed by atoms with Crippen LogP contribution in [-0.2, 0) is 14.8 Å². The van der Waals surface area contributed by atoms with E-state index >= 15 is 0 Å². The maximum Gasteiger partial charge on any atom is 0.295 e. The van der Waals surface area contributed by atoms with Crippen LogP contribution in [0.25, 0.3) is 11.3 Å². The second kappa shape index (κ2) is 13.4. The number of hydrazone groups is 1. The van der Waals surface area contributed by atoms with E-state index in [1.807, 2.05) is 43.3 Å². The van der Waals surface area contributed by atoms with Crippen LogP contribution in [0.5, 0.6) is 0 Å². The Balaban J connectivity index is 0.00000405. The summed E-state index contributed by atoms with van der Waals surface area (Å²) >= 11 is 1.46. The van der Waals surface area contributed by atoms with Crippen LogP contribution < -0.4 is 15.0 Å². The molecule has 5 rings (SSSR count). The van der Waals surface area contributed by atoms with Gasteiger partial charge in [0.25, 0.3) is 15.7 Å².